The lowest BCUT2D eigenvalue weighted by atomic mass is 10.1. The number of hydrogen-bond donors (Lipinski definition) is 0. The quantitative estimate of drug-likeness (QED) is 0.504. The lowest BCUT2D eigenvalue weighted by molar-refractivity contribution is 0.101. The second-order valence-corrected chi connectivity index (χ2v) is 6.70. The van der Waals surface area contributed by atoms with Crippen molar-refractivity contribution in [2.75, 3.05) is 27.9 Å². The second kappa shape index (κ2) is 8.31. The van der Waals surface area contributed by atoms with Gasteiger partial charge in [-0.2, -0.15) is 0 Å². The van der Waals surface area contributed by atoms with E-state index in [9.17, 15) is 4.79 Å². The molecule has 152 valence electrons. The van der Waals surface area contributed by atoms with Crippen molar-refractivity contribution in [3.8, 4) is 28.7 Å². The fraction of sp³-hybridized carbons (Fsp3) is 0.261. The van der Waals surface area contributed by atoms with E-state index in [2.05, 4.69) is 6.58 Å². The Labute approximate surface area is 170 Å². The molecule has 2 aromatic carbocycles. The Bertz CT molecular complexity index is 1000. The van der Waals surface area contributed by atoms with E-state index in [1.165, 1.54) is 0 Å². The van der Waals surface area contributed by atoms with Gasteiger partial charge in [0.05, 0.1) is 26.9 Å². The first-order chi connectivity index (χ1) is 13.9. The summed E-state index contributed by atoms with van der Waals surface area (Å²) in [5.41, 5.74) is 2.80. The van der Waals surface area contributed by atoms with Crippen LogP contribution in [-0.4, -0.2) is 33.7 Å². The van der Waals surface area contributed by atoms with E-state index in [4.69, 9.17) is 23.7 Å². The molecule has 0 saturated carbocycles. The molecule has 0 amide bonds. The number of benzene rings is 2. The van der Waals surface area contributed by atoms with Crippen LogP contribution in [0.25, 0.3) is 6.08 Å². The molecule has 3 rings (SSSR count). The molecular weight excluding hydrogens is 372 g/mol. The lowest BCUT2D eigenvalue weighted by Crippen LogP contribution is -2.00. The zero-order valence-corrected chi connectivity index (χ0v) is 17.3. The van der Waals surface area contributed by atoms with Crippen LogP contribution in [0.15, 0.2) is 42.2 Å². The first kappa shape index (κ1) is 20.3. The Morgan fingerprint density at radius 2 is 1.69 bits per heavy atom. The lowest BCUT2D eigenvalue weighted by Gasteiger charge is -2.12. The van der Waals surface area contributed by atoms with Crippen LogP contribution in [0.5, 0.6) is 28.7 Å². The van der Waals surface area contributed by atoms with Crippen molar-refractivity contribution in [1.29, 1.82) is 0 Å². The maximum atomic E-state index is 12.9. The maximum absolute atomic E-state index is 12.9. The SMILES string of the molecule is C=C(C)COc1ccc2c(c1C)O/C(=C\c1cc(OC)c(OC)cc1OC)C2=O. The Hall–Kier alpha value is -3.41. The highest BCUT2D eigenvalue weighted by atomic mass is 16.5. The van der Waals surface area contributed by atoms with Crippen LogP contribution in [0.4, 0.5) is 0 Å². The summed E-state index contributed by atoms with van der Waals surface area (Å²) >= 11 is 0. The summed E-state index contributed by atoms with van der Waals surface area (Å²) < 4.78 is 27.7. The van der Waals surface area contributed by atoms with E-state index >= 15 is 0 Å². The monoisotopic (exact) mass is 396 g/mol. The van der Waals surface area contributed by atoms with Gasteiger partial charge in [-0.05, 0) is 43.7 Å². The highest BCUT2D eigenvalue weighted by molar-refractivity contribution is 6.15. The van der Waals surface area contributed by atoms with Crippen molar-refractivity contribution in [2.24, 2.45) is 0 Å². The molecule has 1 aliphatic rings. The van der Waals surface area contributed by atoms with E-state index in [0.717, 1.165) is 11.1 Å². The van der Waals surface area contributed by atoms with Gasteiger partial charge in [-0.15, -0.1) is 0 Å². The molecular formula is C23H24O6. The number of Topliss-reactive ketones (excluding diaryl/α,β-unsaturated/α-hetero) is 1. The number of hydrogen-bond acceptors (Lipinski definition) is 6. The van der Waals surface area contributed by atoms with Crippen molar-refractivity contribution in [1.82, 2.24) is 0 Å². The van der Waals surface area contributed by atoms with E-state index in [-0.39, 0.29) is 11.5 Å². The minimum atomic E-state index is -0.202. The number of fused-ring (bicyclic) bond motifs is 1. The fourth-order valence-electron chi connectivity index (χ4n) is 3.03. The third-order valence-corrected chi connectivity index (χ3v) is 4.53. The molecule has 6 nitrogen and oxygen atoms in total. The summed E-state index contributed by atoms with van der Waals surface area (Å²) in [4.78, 5) is 12.9. The molecule has 1 heterocycles. The summed E-state index contributed by atoms with van der Waals surface area (Å²) in [6, 6.07) is 6.93. The summed E-state index contributed by atoms with van der Waals surface area (Å²) in [5.74, 6) is 2.74. The Morgan fingerprint density at radius 1 is 1.03 bits per heavy atom. The van der Waals surface area contributed by atoms with Gasteiger partial charge in [0, 0.05) is 17.2 Å². The molecule has 0 bridgehead atoms. The first-order valence-electron chi connectivity index (χ1n) is 9.04. The van der Waals surface area contributed by atoms with Gasteiger partial charge in [0.1, 0.15) is 23.9 Å². The van der Waals surface area contributed by atoms with Gasteiger partial charge in [-0.1, -0.05) is 6.58 Å². The molecule has 0 radical (unpaired) electrons. The zero-order chi connectivity index (χ0) is 21.1. The summed E-state index contributed by atoms with van der Waals surface area (Å²) in [5, 5.41) is 0. The van der Waals surface area contributed by atoms with E-state index in [1.54, 1.807) is 51.7 Å². The average molecular weight is 396 g/mol. The molecule has 0 unspecified atom stereocenters. The van der Waals surface area contributed by atoms with Gasteiger partial charge < -0.3 is 23.7 Å². The Kier molecular flexibility index (Phi) is 5.82. The van der Waals surface area contributed by atoms with Crippen LogP contribution in [0.2, 0.25) is 0 Å². The van der Waals surface area contributed by atoms with Gasteiger partial charge in [-0.3, -0.25) is 4.79 Å². The van der Waals surface area contributed by atoms with E-state index < -0.39 is 0 Å². The third-order valence-electron chi connectivity index (χ3n) is 4.53. The molecule has 0 N–H and O–H groups in total. The van der Waals surface area contributed by atoms with Crippen molar-refractivity contribution in [3.63, 3.8) is 0 Å². The van der Waals surface area contributed by atoms with Gasteiger partial charge in [0.2, 0.25) is 5.78 Å². The smallest absolute Gasteiger partial charge is 0.231 e. The molecule has 0 saturated heterocycles. The van der Waals surface area contributed by atoms with Gasteiger partial charge in [-0.25, -0.2) is 0 Å². The molecule has 0 aliphatic carbocycles. The van der Waals surface area contributed by atoms with Crippen LogP contribution < -0.4 is 23.7 Å². The zero-order valence-electron chi connectivity index (χ0n) is 17.3. The highest BCUT2D eigenvalue weighted by Gasteiger charge is 2.30. The van der Waals surface area contributed by atoms with Crippen LogP contribution >= 0.6 is 0 Å². The standard InChI is InChI=1S/C23H24O6/c1-13(2)12-28-17-8-7-16-22(24)21(29-23(16)14(17)3)10-15-9-19(26-5)20(27-6)11-18(15)25-4/h7-11H,1,12H2,2-6H3/b21-10-. The summed E-state index contributed by atoms with van der Waals surface area (Å²) in [6.07, 6.45) is 1.64. The van der Waals surface area contributed by atoms with Crippen LogP contribution in [0.1, 0.15) is 28.4 Å². The maximum Gasteiger partial charge on any atom is 0.231 e. The summed E-state index contributed by atoms with van der Waals surface area (Å²) in [7, 11) is 4.64. The third kappa shape index (κ3) is 3.92. The van der Waals surface area contributed by atoms with Crippen molar-refractivity contribution < 1.29 is 28.5 Å². The molecule has 2 aromatic rings. The fourth-order valence-corrected chi connectivity index (χ4v) is 3.03. The second-order valence-electron chi connectivity index (χ2n) is 6.70. The number of rotatable bonds is 7. The number of methoxy groups -OCH3 is 3. The molecule has 6 heteroatoms. The summed E-state index contributed by atoms with van der Waals surface area (Å²) in [6.45, 7) is 7.99. The molecule has 0 atom stereocenters. The predicted octanol–water partition coefficient (Wildman–Crippen LogP) is 4.59. The number of ether oxygens (including phenoxy) is 5. The number of ketones is 1. The minimum Gasteiger partial charge on any atom is -0.496 e. The van der Waals surface area contributed by atoms with E-state index in [0.29, 0.717) is 46.5 Å². The highest BCUT2D eigenvalue weighted by Crippen LogP contribution is 2.41. The topological polar surface area (TPSA) is 63.2 Å². The van der Waals surface area contributed by atoms with Crippen molar-refractivity contribution in [3.05, 3.63) is 58.9 Å². The molecule has 0 fully saturated rings. The van der Waals surface area contributed by atoms with Gasteiger partial charge in [0.25, 0.3) is 0 Å². The predicted molar refractivity (Wildman–Crippen MR) is 111 cm³/mol. The number of carbonyl (C=O) groups excluding carboxylic acids is 1. The number of allylic oxidation sites excluding steroid dienone is 1. The van der Waals surface area contributed by atoms with E-state index in [1.807, 2.05) is 13.8 Å². The van der Waals surface area contributed by atoms with Gasteiger partial charge in [0.15, 0.2) is 17.3 Å². The largest absolute Gasteiger partial charge is 0.496 e. The number of carbonyl (C=O) groups is 1. The average Bonchev–Trinajstić information content (AvgIpc) is 3.03. The van der Waals surface area contributed by atoms with Crippen LogP contribution in [0, 0.1) is 6.92 Å². The van der Waals surface area contributed by atoms with Crippen LogP contribution in [0.3, 0.4) is 0 Å². The van der Waals surface area contributed by atoms with Crippen molar-refractivity contribution >= 4 is 11.9 Å². The molecule has 1 aliphatic heterocycles. The Morgan fingerprint density at radius 3 is 2.31 bits per heavy atom. The minimum absolute atomic E-state index is 0.200. The first-order valence-corrected chi connectivity index (χ1v) is 9.04. The van der Waals surface area contributed by atoms with Gasteiger partial charge >= 0.3 is 0 Å². The molecule has 0 aromatic heterocycles. The molecule has 0 spiro atoms. The van der Waals surface area contributed by atoms with Crippen LogP contribution in [-0.2, 0) is 0 Å². The molecule has 29 heavy (non-hydrogen) atoms. The Balaban J connectivity index is 1.99. The van der Waals surface area contributed by atoms with Crippen molar-refractivity contribution in [2.45, 2.75) is 13.8 Å². The normalized spacial score (nSPS) is 13.7.